The lowest BCUT2D eigenvalue weighted by molar-refractivity contribution is 0.178. The average molecular weight is 264 g/mol. The van der Waals surface area contributed by atoms with E-state index in [4.69, 9.17) is 4.74 Å². The van der Waals surface area contributed by atoms with Crippen molar-refractivity contribution in [2.75, 3.05) is 30.8 Å². The van der Waals surface area contributed by atoms with Gasteiger partial charge in [-0.25, -0.2) is 9.97 Å². The van der Waals surface area contributed by atoms with Crippen molar-refractivity contribution in [2.45, 2.75) is 39.2 Å². The van der Waals surface area contributed by atoms with Gasteiger partial charge in [-0.05, 0) is 19.3 Å². The second-order valence-electron chi connectivity index (χ2n) is 5.03. The Bertz CT molecular complexity index is 369. The molecule has 5 heteroatoms. The Labute approximate surface area is 115 Å². The van der Waals surface area contributed by atoms with E-state index >= 15 is 0 Å². The van der Waals surface area contributed by atoms with Crippen molar-refractivity contribution >= 4 is 11.6 Å². The molecule has 19 heavy (non-hydrogen) atoms. The predicted octanol–water partition coefficient (Wildman–Crippen LogP) is 2.66. The Morgan fingerprint density at radius 3 is 2.58 bits per heavy atom. The molecule has 0 saturated heterocycles. The quantitative estimate of drug-likeness (QED) is 0.756. The molecule has 1 aliphatic carbocycles. The third-order valence-corrected chi connectivity index (χ3v) is 3.49. The topological polar surface area (TPSA) is 59.1 Å². The van der Waals surface area contributed by atoms with Gasteiger partial charge in [0.1, 0.15) is 18.2 Å². The number of methoxy groups -OCH3 is 1. The second kappa shape index (κ2) is 7.28. The number of ether oxygens (including phenoxy) is 1. The van der Waals surface area contributed by atoms with E-state index in [1.54, 1.807) is 7.11 Å². The number of nitrogens with one attached hydrogen (secondary N) is 2. The molecule has 1 fully saturated rings. The fraction of sp³-hybridized carbons (Fsp3) is 0.714. The first-order valence-corrected chi connectivity index (χ1v) is 7.16. The average Bonchev–Trinajstić information content (AvgIpc) is 2.33. The van der Waals surface area contributed by atoms with Crippen LogP contribution in [0.4, 0.5) is 11.6 Å². The Morgan fingerprint density at radius 1 is 1.26 bits per heavy atom. The maximum Gasteiger partial charge on any atom is 0.158 e. The van der Waals surface area contributed by atoms with Gasteiger partial charge in [0.25, 0.3) is 0 Å². The third-order valence-electron chi connectivity index (χ3n) is 3.49. The molecule has 0 aliphatic heterocycles. The monoisotopic (exact) mass is 264 g/mol. The van der Waals surface area contributed by atoms with Gasteiger partial charge in [-0.1, -0.05) is 19.3 Å². The molecule has 2 rings (SSSR count). The lowest BCUT2D eigenvalue weighted by atomic mass is 9.83. The molecular formula is C14H24N4O. The van der Waals surface area contributed by atoms with Gasteiger partial charge in [0.05, 0.1) is 0 Å². The van der Waals surface area contributed by atoms with Gasteiger partial charge >= 0.3 is 0 Å². The molecule has 5 nitrogen and oxygen atoms in total. The summed E-state index contributed by atoms with van der Waals surface area (Å²) in [5.74, 6) is 3.38. The van der Waals surface area contributed by atoms with E-state index in [0.717, 1.165) is 30.6 Å². The molecule has 1 saturated carbocycles. The van der Waals surface area contributed by atoms with Gasteiger partial charge in [-0.15, -0.1) is 0 Å². The van der Waals surface area contributed by atoms with E-state index in [0.29, 0.717) is 12.4 Å². The van der Waals surface area contributed by atoms with E-state index in [1.807, 2.05) is 6.07 Å². The number of nitrogens with zero attached hydrogens (tertiary/aromatic N) is 2. The smallest absolute Gasteiger partial charge is 0.158 e. The standard InChI is InChI=1S/C14H24N4O/c1-3-15-12-9-13(18-14(17-12)10-19-2)16-8-7-11-5-4-6-11/h9,11H,3-8,10H2,1-2H3,(H2,15,16,17,18). The molecule has 2 N–H and O–H groups in total. The summed E-state index contributed by atoms with van der Waals surface area (Å²) in [7, 11) is 1.66. The van der Waals surface area contributed by atoms with Crippen LogP contribution in [0.1, 0.15) is 38.4 Å². The van der Waals surface area contributed by atoms with Gasteiger partial charge in [-0.3, -0.25) is 0 Å². The number of hydrogen-bond donors (Lipinski definition) is 2. The van der Waals surface area contributed by atoms with Crippen molar-refractivity contribution < 1.29 is 4.74 Å². The van der Waals surface area contributed by atoms with Crippen molar-refractivity contribution in [2.24, 2.45) is 5.92 Å². The zero-order valence-electron chi connectivity index (χ0n) is 11.9. The number of anilines is 2. The zero-order valence-corrected chi connectivity index (χ0v) is 11.9. The summed E-state index contributed by atoms with van der Waals surface area (Å²) in [5.41, 5.74) is 0. The highest BCUT2D eigenvalue weighted by molar-refractivity contribution is 5.47. The molecule has 0 atom stereocenters. The number of hydrogen-bond acceptors (Lipinski definition) is 5. The first-order chi connectivity index (χ1) is 9.31. The largest absolute Gasteiger partial charge is 0.377 e. The molecular weight excluding hydrogens is 240 g/mol. The van der Waals surface area contributed by atoms with Crippen LogP contribution in [0.2, 0.25) is 0 Å². The summed E-state index contributed by atoms with van der Waals surface area (Å²) >= 11 is 0. The van der Waals surface area contributed by atoms with Gasteiger partial charge < -0.3 is 15.4 Å². The van der Waals surface area contributed by atoms with Crippen LogP contribution in [-0.2, 0) is 11.3 Å². The van der Waals surface area contributed by atoms with E-state index in [1.165, 1.54) is 25.7 Å². The Morgan fingerprint density at radius 2 is 2.00 bits per heavy atom. The number of rotatable bonds is 8. The normalized spacial score (nSPS) is 15.1. The van der Waals surface area contributed by atoms with Gasteiger partial charge in [0, 0.05) is 26.3 Å². The summed E-state index contributed by atoms with van der Waals surface area (Å²) in [6, 6.07) is 1.96. The van der Waals surface area contributed by atoms with Crippen LogP contribution in [0.15, 0.2) is 6.07 Å². The SMILES string of the molecule is CCNc1cc(NCCC2CCC2)nc(COC)n1. The summed E-state index contributed by atoms with van der Waals surface area (Å²) in [6.07, 6.45) is 5.42. The van der Waals surface area contributed by atoms with Gasteiger partial charge in [-0.2, -0.15) is 0 Å². The predicted molar refractivity (Wildman–Crippen MR) is 77.4 cm³/mol. The summed E-state index contributed by atoms with van der Waals surface area (Å²) in [6.45, 7) is 4.34. The Hall–Kier alpha value is -1.36. The molecule has 0 aromatic carbocycles. The fourth-order valence-corrected chi connectivity index (χ4v) is 2.24. The lowest BCUT2D eigenvalue weighted by Gasteiger charge is -2.25. The maximum atomic E-state index is 5.10. The molecule has 0 spiro atoms. The highest BCUT2D eigenvalue weighted by atomic mass is 16.5. The Kier molecular flexibility index (Phi) is 5.39. The zero-order chi connectivity index (χ0) is 13.5. The van der Waals surface area contributed by atoms with Crippen molar-refractivity contribution in [3.05, 3.63) is 11.9 Å². The highest BCUT2D eigenvalue weighted by Gasteiger charge is 2.16. The molecule has 0 radical (unpaired) electrons. The summed E-state index contributed by atoms with van der Waals surface area (Å²) < 4.78 is 5.10. The van der Waals surface area contributed by atoms with Crippen LogP contribution in [-0.4, -0.2) is 30.2 Å². The molecule has 0 unspecified atom stereocenters. The van der Waals surface area contributed by atoms with Crippen molar-refractivity contribution in [1.82, 2.24) is 9.97 Å². The molecule has 0 amide bonds. The molecule has 1 heterocycles. The van der Waals surface area contributed by atoms with Crippen molar-refractivity contribution in [1.29, 1.82) is 0 Å². The van der Waals surface area contributed by atoms with E-state index in [2.05, 4.69) is 27.5 Å². The van der Waals surface area contributed by atoms with Crippen LogP contribution in [0.25, 0.3) is 0 Å². The summed E-state index contributed by atoms with van der Waals surface area (Å²) in [4.78, 5) is 8.86. The Balaban J connectivity index is 1.92. The summed E-state index contributed by atoms with van der Waals surface area (Å²) in [5, 5.41) is 6.62. The minimum atomic E-state index is 0.441. The highest BCUT2D eigenvalue weighted by Crippen LogP contribution is 2.29. The molecule has 1 aromatic heterocycles. The van der Waals surface area contributed by atoms with Crippen LogP contribution >= 0.6 is 0 Å². The van der Waals surface area contributed by atoms with Crippen LogP contribution in [0.5, 0.6) is 0 Å². The van der Waals surface area contributed by atoms with Gasteiger partial charge in [0.15, 0.2) is 5.82 Å². The van der Waals surface area contributed by atoms with Crippen LogP contribution in [0.3, 0.4) is 0 Å². The second-order valence-corrected chi connectivity index (χ2v) is 5.03. The lowest BCUT2D eigenvalue weighted by Crippen LogP contribution is -2.16. The minimum Gasteiger partial charge on any atom is -0.377 e. The number of aromatic nitrogens is 2. The van der Waals surface area contributed by atoms with Crippen molar-refractivity contribution in [3.63, 3.8) is 0 Å². The van der Waals surface area contributed by atoms with Crippen molar-refractivity contribution in [3.8, 4) is 0 Å². The van der Waals surface area contributed by atoms with Crippen LogP contribution in [0, 0.1) is 5.92 Å². The molecule has 0 bridgehead atoms. The third kappa shape index (κ3) is 4.35. The minimum absolute atomic E-state index is 0.441. The fourth-order valence-electron chi connectivity index (χ4n) is 2.24. The molecule has 106 valence electrons. The molecule has 1 aromatic rings. The first kappa shape index (κ1) is 14.1. The molecule has 1 aliphatic rings. The maximum absolute atomic E-state index is 5.10. The van der Waals surface area contributed by atoms with Crippen LogP contribution < -0.4 is 10.6 Å². The first-order valence-electron chi connectivity index (χ1n) is 7.16. The van der Waals surface area contributed by atoms with Gasteiger partial charge in [0.2, 0.25) is 0 Å². The van der Waals surface area contributed by atoms with E-state index < -0.39 is 0 Å². The van der Waals surface area contributed by atoms with E-state index in [9.17, 15) is 0 Å². The van der Waals surface area contributed by atoms with E-state index in [-0.39, 0.29) is 0 Å².